The van der Waals surface area contributed by atoms with E-state index in [0.717, 1.165) is 11.4 Å². The maximum Gasteiger partial charge on any atom is 0.306 e. The number of anilines is 1. The van der Waals surface area contributed by atoms with E-state index in [-0.39, 0.29) is 12.1 Å². The quantitative estimate of drug-likeness (QED) is 0.638. The summed E-state index contributed by atoms with van der Waals surface area (Å²) in [5.41, 5.74) is 2.91. The second-order valence-electron chi connectivity index (χ2n) is 4.95. The van der Waals surface area contributed by atoms with E-state index in [9.17, 15) is 4.79 Å². The molecule has 0 fully saturated rings. The summed E-state index contributed by atoms with van der Waals surface area (Å²) in [6.07, 6.45) is 0.957. The molecular formula is C15H21N3O2. The number of carbonyl (C=O) groups excluding carboxylic acids is 1. The summed E-state index contributed by atoms with van der Waals surface area (Å²) in [6.45, 7) is 7.98. The average molecular weight is 275 g/mol. The third kappa shape index (κ3) is 4.88. The van der Waals surface area contributed by atoms with E-state index in [1.165, 1.54) is 0 Å². The van der Waals surface area contributed by atoms with Gasteiger partial charge >= 0.3 is 5.97 Å². The van der Waals surface area contributed by atoms with Crippen molar-refractivity contribution in [3.05, 3.63) is 23.0 Å². The Balaban J connectivity index is 2.51. The van der Waals surface area contributed by atoms with Gasteiger partial charge in [0.1, 0.15) is 6.07 Å². The van der Waals surface area contributed by atoms with Crippen molar-refractivity contribution in [3.63, 3.8) is 0 Å². The minimum Gasteiger partial charge on any atom is -0.463 e. The fourth-order valence-electron chi connectivity index (χ4n) is 1.89. The Morgan fingerprint density at radius 3 is 2.80 bits per heavy atom. The van der Waals surface area contributed by atoms with Gasteiger partial charge in [0.25, 0.3) is 0 Å². The molecule has 0 radical (unpaired) electrons. The molecule has 1 aromatic rings. The first kappa shape index (κ1) is 16.0. The second-order valence-corrected chi connectivity index (χ2v) is 4.95. The Labute approximate surface area is 120 Å². The van der Waals surface area contributed by atoms with Gasteiger partial charge in [-0.15, -0.1) is 0 Å². The highest BCUT2D eigenvalue weighted by Crippen LogP contribution is 2.18. The minimum absolute atomic E-state index is 0.0776. The normalized spacial score (nSPS) is 10.2. The van der Waals surface area contributed by atoms with Gasteiger partial charge in [0.15, 0.2) is 0 Å². The highest BCUT2D eigenvalue weighted by atomic mass is 16.5. The zero-order valence-corrected chi connectivity index (χ0v) is 12.5. The third-order valence-electron chi connectivity index (χ3n) is 2.68. The smallest absolute Gasteiger partial charge is 0.306 e. The number of aryl methyl sites for hydroxylation is 2. The van der Waals surface area contributed by atoms with Crippen molar-refractivity contribution in [2.24, 2.45) is 0 Å². The molecule has 0 saturated heterocycles. The highest BCUT2D eigenvalue weighted by molar-refractivity contribution is 5.69. The number of nitrogens with zero attached hydrogens (tertiary/aromatic N) is 2. The van der Waals surface area contributed by atoms with Crippen LogP contribution in [0.15, 0.2) is 6.07 Å². The average Bonchev–Trinajstić information content (AvgIpc) is 2.33. The topological polar surface area (TPSA) is 75.0 Å². The zero-order chi connectivity index (χ0) is 15.1. The molecule has 0 aromatic carbocycles. The first-order valence-corrected chi connectivity index (χ1v) is 6.75. The summed E-state index contributed by atoms with van der Waals surface area (Å²) in [5.74, 6) is -0.190. The molecule has 0 amide bonds. The van der Waals surface area contributed by atoms with Crippen LogP contribution in [-0.4, -0.2) is 23.6 Å². The molecule has 0 aliphatic carbocycles. The molecule has 20 heavy (non-hydrogen) atoms. The minimum atomic E-state index is -0.190. The van der Waals surface area contributed by atoms with E-state index in [0.29, 0.717) is 30.6 Å². The molecule has 1 aromatic heterocycles. The number of nitrogens with one attached hydrogen (secondary N) is 1. The molecule has 0 aliphatic rings. The van der Waals surface area contributed by atoms with Gasteiger partial charge in [0, 0.05) is 18.7 Å². The summed E-state index contributed by atoms with van der Waals surface area (Å²) >= 11 is 0. The van der Waals surface area contributed by atoms with Crippen molar-refractivity contribution < 1.29 is 9.53 Å². The Bertz CT molecular complexity index is 519. The molecule has 1 rings (SSSR count). The predicted molar refractivity (Wildman–Crippen MR) is 77.4 cm³/mol. The molecule has 0 saturated carbocycles. The van der Waals surface area contributed by atoms with Crippen molar-refractivity contribution in [1.82, 2.24) is 4.98 Å². The van der Waals surface area contributed by atoms with Gasteiger partial charge in [0.05, 0.1) is 23.0 Å². The Morgan fingerprint density at radius 2 is 2.20 bits per heavy atom. The highest BCUT2D eigenvalue weighted by Gasteiger charge is 2.08. The van der Waals surface area contributed by atoms with Gasteiger partial charge in [-0.05, 0) is 40.2 Å². The van der Waals surface area contributed by atoms with Gasteiger partial charge < -0.3 is 10.1 Å². The van der Waals surface area contributed by atoms with Gasteiger partial charge in [-0.3, -0.25) is 9.78 Å². The van der Waals surface area contributed by atoms with Crippen LogP contribution in [-0.2, 0) is 9.53 Å². The van der Waals surface area contributed by atoms with Gasteiger partial charge in [-0.1, -0.05) is 0 Å². The lowest BCUT2D eigenvalue weighted by Crippen LogP contribution is -2.13. The zero-order valence-electron chi connectivity index (χ0n) is 12.5. The Hall–Kier alpha value is -2.09. The van der Waals surface area contributed by atoms with Gasteiger partial charge in [-0.2, -0.15) is 5.26 Å². The predicted octanol–water partition coefficient (Wildman–Crippen LogP) is 2.71. The van der Waals surface area contributed by atoms with E-state index in [4.69, 9.17) is 10.00 Å². The van der Waals surface area contributed by atoms with Gasteiger partial charge in [-0.25, -0.2) is 0 Å². The first-order chi connectivity index (χ1) is 9.43. The van der Waals surface area contributed by atoms with E-state index in [1.807, 2.05) is 33.8 Å². The number of hydrogen-bond donors (Lipinski definition) is 1. The largest absolute Gasteiger partial charge is 0.463 e. The summed E-state index contributed by atoms with van der Waals surface area (Å²) in [6, 6.07) is 4.00. The summed E-state index contributed by atoms with van der Waals surface area (Å²) in [4.78, 5) is 15.6. The summed E-state index contributed by atoms with van der Waals surface area (Å²) < 4.78 is 5.06. The third-order valence-corrected chi connectivity index (χ3v) is 2.68. The number of esters is 1. The van der Waals surface area contributed by atoms with Crippen molar-refractivity contribution in [2.45, 2.75) is 46.6 Å². The van der Waals surface area contributed by atoms with E-state index >= 15 is 0 Å². The van der Waals surface area contributed by atoms with Crippen molar-refractivity contribution in [2.75, 3.05) is 11.9 Å². The summed E-state index contributed by atoms with van der Waals surface area (Å²) in [7, 11) is 0. The molecular weight excluding hydrogens is 254 g/mol. The molecule has 108 valence electrons. The number of carbonyl (C=O) groups is 1. The molecule has 1 heterocycles. The van der Waals surface area contributed by atoms with Crippen molar-refractivity contribution >= 4 is 11.7 Å². The molecule has 0 spiro atoms. The Kier molecular flexibility index (Phi) is 5.98. The monoisotopic (exact) mass is 275 g/mol. The van der Waals surface area contributed by atoms with Crippen LogP contribution in [0.2, 0.25) is 0 Å². The maximum atomic E-state index is 11.4. The Morgan fingerprint density at radius 1 is 1.50 bits per heavy atom. The SMILES string of the molecule is Cc1cc(NCCCC(=O)OC(C)C)c(C#N)c(C)n1. The van der Waals surface area contributed by atoms with Crippen molar-refractivity contribution in [3.8, 4) is 6.07 Å². The van der Waals surface area contributed by atoms with Crippen LogP contribution in [0.3, 0.4) is 0 Å². The lowest BCUT2D eigenvalue weighted by atomic mass is 10.1. The lowest BCUT2D eigenvalue weighted by molar-refractivity contribution is -0.147. The fourth-order valence-corrected chi connectivity index (χ4v) is 1.89. The van der Waals surface area contributed by atoms with Gasteiger partial charge in [0.2, 0.25) is 0 Å². The number of aromatic nitrogens is 1. The lowest BCUT2D eigenvalue weighted by Gasteiger charge is -2.11. The number of pyridine rings is 1. The summed E-state index contributed by atoms with van der Waals surface area (Å²) in [5, 5.41) is 12.3. The standard InChI is InChI=1S/C15H21N3O2/c1-10(2)20-15(19)6-5-7-17-14-8-11(3)18-12(4)13(14)9-16/h8,10H,5-7H2,1-4H3,(H,17,18). The molecule has 0 unspecified atom stereocenters. The number of nitriles is 1. The van der Waals surface area contributed by atoms with Crippen LogP contribution in [0.25, 0.3) is 0 Å². The molecule has 0 bridgehead atoms. The molecule has 5 nitrogen and oxygen atoms in total. The van der Waals surface area contributed by atoms with Crippen LogP contribution < -0.4 is 5.32 Å². The fraction of sp³-hybridized carbons (Fsp3) is 0.533. The molecule has 0 aliphatic heterocycles. The number of rotatable bonds is 6. The van der Waals surface area contributed by atoms with E-state index in [1.54, 1.807) is 0 Å². The maximum absolute atomic E-state index is 11.4. The molecule has 5 heteroatoms. The van der Waals surface area contributed by atoms with Crippen LogP contribution >= 0.6 is 0 Å². The molecule has 0 atom stereocenters. The second kappa shape index (κ2) is 7.49. The van der Waals surface area contributed by atoms with E-state index < -0.39 is 0 Å². The van der Waals surface area contributed by atoms with Crippen LogP contribution in [0.5, 0.6) is 0 Å². The number of ether oxygens (including phenoxy) is 1. The number of hydrogen-bond acceptors (Lipinski definition) is 5. The van der Waals surface area contributed by atoms with Crippen LogP contribution in [0, 0.1) is 25.2 Å². The van der Waals surface area contributed by atoms with Crippen LogP contribution in [0.1, 0.15) is 43.6 Å². The molecule has 1 N–H and O–H groups in total. The first-order valence-electron chi connectivity index (χ1n) is 6.75. The van der Waals surface area contributed by atoms with E-state index in [2.05, 4.69) is 16.4 Å². The van der Waals surface area contributed by atoms with Crippen LogP contribution in [0.4, 0.5) is 5.69 Å². The van der Waals surface area contributed by atoms with Crippen molar-refractivity contribution in [1.29, 1.82) is 5.26 Å².